The molecule has 1 aliphatic rings. The van der Waals surface area contributed by atoms with Gasteiger partial charge in [0, 0.05) is 13.1 Å². The molecule has 0 saturated heterocycles. The number of allylic oxidation sites excluding steroid dienone is 4. The Kier molecular flexibility index (Phi) is 9.40. The van der Waals surface area contributed by atoms with Crippen LogP contribution >= 0.6 is 0 Å². The quantitative estimate of drug-likeness (QED) is 0.202. The highest BCUT2D eigenvalue weighted by molar-refractivity contribution is 6.52. The zero-order valence-corrected chi connectivity index (χ0v) is 18.6. The Morgan fingerprint density at radius 3 is 2.41 bits per heavy atom. The lowest BCUT2D eigenvalue weighted by Gasteiger charge is -2.03. The van der Waals surface area contributed by atoms with Gasteiger partial charge in [0.25, 0.3) is 17.7 Å². The number of aromatic amines is 1. The molecular formula is C22H30N6O4. The summed E-state index contributed by atoms with van der Waals surface area (Å²) in [6, 6.07) is 0. The molecule has 10 nitrogen and oxygen atoms in total. The van der Waals surface area contributed by atoms with Crippen LogP contribution in [0.25, 0.3) is 6.08 Å². The summed E-state index contributed by atoms with van der Waals surface area (Å²) in [6.07, 6.45) is 9.94. The second kappa shape index (κ2) is 12.2. The van der Waals surface area contributed by atoms with Gasteiger partial charge in [-0.2, -0.15) is 10.2 Å². The number of carbonyl (C=O) groups is 3. The molecular weight excluding hydrogens is 412 g/mol. The number of nitrogens with one attached hydrogen (secondary N) is 4. The Morgan fingerprint density at radius 1 is 1.09 bits per heavy atom. The minimum atomic E-state index is -0.461. The summed E-state index contributed by atoms with van der Waals surface area (Å²) >= 11 is 0. The van der Waals surface area contributed by atoms with Crippen molar-refractivity contribution in [1.82, 2.24) is 26.3 Å². The lowest BCUT2D eigenvalue weighted by molar-refractivity contribution is -0.117. The first-order valence-corrected chi connectivity index (χ1v) is 10.7. The van der Waals surface area contributed by atoms with E-state index in [0.29, 0.717) is 18.7 Å². The number of aromatic hydroxyl groups is 1. The van der Waals surface area contributed by atoms with E-state index in [4.69, 9.17) is 0 Å². The zero-order chi connectivity index (χ0) is 23.5. The molecule has 32 heavy (non-hydrogen) atoms. The van der Waals surface area contributed by atoms with Crippen LogP contribution in [0.3, 0.4) is 0 Å². The number of hydrazone groups is 1. The number of H-pyrrole nitrogens is 1. The molecule has 0 fully saturated rings. The first kappa shape index (κ1) is 24.6. The molecule has 2 rings (SSSR count). The van der Waals surface area contributed by atoms with Crippen LogP contribution in [0.2, 0.25) is 0 Å². The first-order valence-electron chi connectivity index (χ1n) is 10.7. The summed E-state index contributed by atoms with van der Waals surface area (Å²) in [5.74, 6) is -1.47. The van der Waals surface area contributed by atoms with E-state index in [1.165, 1.54) is 6.08 Å². The molecule has 0 atom stereocenters. The third-order valence-electron chi connectivity index (χ3n) is 4.64. The molecule has 0 aliphatic carbocycles. The molecule has 0 saturated carbocycles. The van der Waals surface area contributed by atoms with Crippen molar-refractivity contribution in [2.45, 2.75) is 46.5 Å². The number of unbranched alkanes of at least 4 members (excludes halogenated alkanes) is 2. The molecule has 10 heteroatoms. The van der Waals surface area contributed by atoms with Crippen LogP contribution < -0.4 is 16.1 Å². The van der Waals surface area contributed by atoms with E-state index in [2.05, 4.69) is 31.4 Å². The van der Waals surface area contributed by atoms with Gasteiger partial charge in [0.05, 0.1) is 11.1 Å². The standard InChI is InChI=1S/C22H30N6O4/c1-4-6-12-23-21(31)17-15(19(29)27-25-17)10-8-14(3)9-11-16-18(26-28-20(16)30)22(32)24-13-7-5-2/h8-11H,4-7,12-13H2,1-3H3,(H,23,31)(H,24,32)(H,27,29)(H2,26,28,30). The van der Waals surface area contributed by atoms with Crippen molar-refractivity contribution in [2.75, 3.05) is 13.1 Å². The molecule has 1 aliphatic heterocycles. The van der Waals surface area contributed by atoms with E-state index in [1.807, 2.05) is 13.8 Å². The van der Waals surface area contributed by atoms with Crippen molar-refractivity contribution in [3.8, 4) is 5.88 Å². The van der Waals surface area contributed by atoms with Gasteiger partial charge in [-0.3, -0.25) is 14.4 Å². The lowest BCUT2D eigenvalue weighted by Crippen LogP contribution is -2.32. The number of aromatic nitrogens is 2. The third kappa shape index (κ3) is 6.66. The number of carbonyl (C=O) groups excluding carboxylic acids is 3. The van der Waals surface area contributed by atoms with Crippen LogP contribution in [0.5, 0.6) is 5.88 Å². The maximum atomic E-state index is 12.3. The molecule has 5 N–H and O–H groups in total. The van der Waals surface area contributed by atoms with E-state index in [-0.39, 0.29) is 34.3 Å². The molecule has 0 aromatic carbocycles. The fourth-order valence-electron chi connectivity index (χ4n) is 2.74. The Labute approximate surface area is 186 Å². The van der Waals surface area contributed by atoms with Crippen LogP contribution in [0, 0.1) is 0 Å². The number of hydrogen-bond donors (Lipinski definition) is 5. The maximum absolute atomic E-state index is 12.3. The Balaban J connectivity index is 2.12. The van der Waals surface area contributed by atoms with Gasteiger partial charge in [0.2, 0.25) is 5.88 Å². The lowest BCUT2D eigenvalue weighted by atomic mass is 10.1. The second-order valence-corrected chi connectivity index (χ2v) is 7.28. The predicted molar refractivity (Wildman–Crippen MR) is 122 cm³/mol. The van der Waals surface area contributed by atoms with Gasteiger partial charge in [0.1, 0.15) is 0 Å². The summed E-state index contributed by atoms with van der Waals surface area (Å²) < 4.78 is 0. The van der Waals surface area contributed by atoms with E-state index in [1.54, 1.807) is 25.2 Å². The fraction of sp³-hybridized carbons (Fsp3) is 0.409. The van der Waals surface area contributed by atoms with Crippen molar-refractivity contribution < 1.29 is 19.5 Å². The summed E-state index contributed by atoms with van der Waals surface area (Å²) in [7, 11) is 0. The molecule has 172 valence electrons. The van der Waals surface area contributed by atoms with Crippen LogP contribution in [0.1, 0.15) is 62.5 Å². The maximum Gasteiger partial charge on any atom is 0.273 e. The molecule has 0 unspecified atom stereocenters. The predicted octanol–water partition coefficient (Wildman–Crippen LogP) is 1.93. The van der Waals surface area contributed by atoms with Crippen LogP contribution in [0.15, 0.2) is 34.5 Å². The minimum Gasteiger partial charge on any atom is -0.493 e. The highest BCUT2D eigenvalue weighted by Gasteiger charge is 2.27. The summed E-state index contributed by atoms with van der Waals surface area (Å²) in [5, 5.41) is 25.6. The molecule has 2 heterocycles. The van der Waals surface area contributed by atoms with Crippen molar-refractivity contribution >= 4 is 29.5 Å². The van der Waals surface area contributed by atoms with E-state index in [9.17, 15) is 19.5 Å². The van der Waals surface area contributed by atoms with E-state index in [0.717, 1.165) is 25.7 Å². The average Bonchev–Trinajstić information content (AvgIpc) is 3.33. The second-order valence-electron chi connectivity index (χ2n) is 7.28. The zero-order valence-electron chi connectivity index (χ0n) is 18.6. The van der Waals surface area contributed by atoms with Crippen molar-refractivity contribution in [3.05, 3.63) is 40.6 Å². The molecule has 0 spiro atoms. The molecule has 3 amide bonds. The van der Waals surface area contributed by atoms with Gasteiger partial charge in [-0.15, -0.1) is 0 Å². The average molecular weight is 443 g/mol. The normalized spacial score (nSPS) is 15.2. The number of nitrogens with zero attached hydrogens (tertiary/aromatic N) is 2. The smallest absolute Gasteiger partial charge is 0.273 e. The monoisotopic (exact) mass is 442 g/mol. The minimum absolute atomic E-state index is 0.0395. The van der Waals surface area contributed by atoms with Gasteiger partial charge < -0.3 is 15.7 Å². The van der Waals surface area contributed by atoms with Gasteiger partial charge >= 0.3 is 0 Å². The summed E-state index contributed by atoms with van der Waals surface area (Å²) in [4.78, 5) is 36.6. The molecule has 0 bridgehead atoms. The number of rotatable bonds is 11. The van der Waals surface area contributed by atoms with Crippen LogP contribution in [0.4, 0.5) is 0 Å². The van der Waals surface area contributed by atoms with E-state index < -0.39 is 11.8 Å². The first-order chi connectivity index (χ1) is 15.4. The number of hydrogen-bond acceptors (Lipinski definition) is 6. The highest BCUT2D eigenvalue weighted by Crippen LogP contribution is 2.20. The van der Waals surface area contributed by atoms with Gasteiger partial charge in [-0.1, -0.05) is 44.4 Å². The molecule has 1 aromatic rings. The SMILES string of the molecule is CCCCNC(=O)C1=NNC(=O)C1=CC=C(C)C=Cc1c(C(=O)NCCCC)n[nH]c1O. The van der Waals surface area contributed by atoms with Crippen LogP contribution in [-0.2, 0) is 9.59 Å². The number of amides is 3. The fourth-order valence-corrected chi connectivity index (χ4v) is 2.74. The van der Waals surface area contributed by atoms with Gasteiger partial charge in [-0.05, 0) is 31.9 Å². The highest BCUT2D eigenvalue weighted by atomic mass is 16.3. The summed E-state index contributed by atoms with van der Waals surface area (Å²) in [5.41, 5.74) is 3.56. The molecule has 0 radical (unpaired) electrons. The van der Waals surface area contributed by atoms with Crippen molar-refractivity contribution in [3.63, 3.8) is 0 Å². The van der Waals surface area contributed by atoms with E-state index >= 15 is 0 Å². The van der Waals surface area contributed by atoms with Gasteiger partial charge in [-0.25, -0.2) is 10.5 Å². The Morgan fingerprint density at radius 2 is 1.75 bits per heavy atom. The third-order valence-corrected chi connectivity index (χ3v) is 4.64. The van der Waals surface area contributed by atoms with Gasteiger partial charge in [0.15, 0.2) is 11.4 Å². The molecule has 1 aromatic heterocycles. The summed E-state index contributed by atoms with van der Waals surface area (Å²) in [6.45, 7) is 6.85. The van der Waals surface area contributed by atoms with Crippen LogP contribution in [-0.4, -0.2) is 51.8 Å². The van der Waals surface area contributed by atoms with Crippen molar-refractivity contribution in [2.24, 2.45) is 5.10 Å². The topological polar surface area (TPSA) is 149 Å². The Bertz CT molecular complexity index is 971. The largest absolute Gasteiger partial charge is 0.493 e. The van der Waals surface area contributed by atoms with Crippen molar-refractivity contribution in [1.29, 1.82) is 0 Å². The Hall–Kier alpha value is -3.69.